The minimum absolute atomic E-state index is 0.0666. The van der Waals surface area contributed by atoms with Crippen molar-refractivity contribution in [2.75, 3.05) is 20.7 Å². The number of thiazole rings is 1. The monoisotopic (exact) mass is 475 g/mol. The fraction of sp³-hybridized carbons (Fsp3) is 0.318. The Balaban J connectivity index is 2.08. The fourth-order valence-corrected chi connectivity index (χ4v) is 5.20. The molecule has 1 aromatic heterocycles. The van der Waals surface area contributed by atoms with Gasteiger partial charge < -0.3 is 9.30 Å². The van der Waals surface area contributed by atoms with Gasteiger partial charge in [0.15, 0.2) is 4.80 Å². The number of fused-ring (bicyclic) bond motifs is 1. The number of hydrogen-bond donors (Lipinski definition) is 0. The summed E-state index contributed by atoms with van der Waals surface area (Å²) in [5.41, 5.74) is 3.10. The van der Waals surface area contributed by atoms with E-state index in [0.29, 0.717) is 4.80 Å². The first kappa shape index (κ1) is 23.8. The van der Waals surface area contributed by atoms with E-state index in [9.17, 15) is 18.0 Å². The number of benzene rings is 2. The van der Waals surface area contributed by atoms with E-state index in [-0.39, 0.29) is 23.6 Å². The highest BCUT2D eigenvalue weighted by Gasteiger charge is 2.18. The number of esters is 1. The lowest BCUT2D eigenvalue weighted by molar-refractivity contribution is -0.143. The molecule has 0 N–H and O–H groups in total. The van der Waals surface area contributed by atoms with Gasteiger partial charge in [0.05, 0.1) is 21.7 Å². The molecule has 170 valence electrons. The smallest absolute Gasteiger partial charge is 0.326 e. The third kappa shape index (κ3) is 4.82. The molecule has 10 heteroatoms. The van der Waals surface area contributed by atoms with Gasteiger partial charge in [-0.3, -0.25) is 9.59 Å². The molecule has 1 heterocycles. The van der Waals surface area contributed by atoms with E-state index in [1.165, 1.54) is 49.7 Å². The second-order valence-corrected chi connectivity index (χ2v) is 10.6. The number of ether oxygens (including phenoxy) is 1. The molecule has 1 amide bonds. The van der Waals surface area contributed by atoms with Gasteiger partial charge in [0.1, 0.15) is 6.54 Å². The van der Waals surface area contributed by atoms with Crippen molar-refractivity contribution in [2.45, 2.75) is 32.2 Å². The Kier molecular flexibility index (Phi) is 6.97. The van der Waals surface area contributed by atoms with E-state index in [4.69, 9.17) is 4.74 Å². The lowest BCUT2D eigenvalue weighted by atomic mass is 10.1. The maximum Gasteiger partial charge on any atom is 0.326 e. The molecule has 0 atom stereocenters. The molecule has 0 saturated carbocycles. The molecule has 0 fully saturated rings. The van der Waals surface area contributed by atoms with Crippen molar-refractivity contribution < 1.29 is 22.7 Å². The zero-order valence-corrected chi connectivity index (χ0v) is 20.2. The van der Waals surface area contributed by atoms with E-state index in [1.807, 2.05) is 26.0 Å². The van der Waals surface area contributed by atoms with Crippen LogP contribution in [-0.4, -0.2) is 49.9 Å². The third-order valence-electron chi connectivity index (χ3n) is 4.78. The Morgan fingerprint density at radius 2 is 1.78 bits per heavy atom. The van der Waals surface area contributed by atoms with Crippen molar-refractivity contribution in [2.24, 2.45) is 4.99 Å². The lowest BCUT2D eigenvalue weighted by Crippen LogP contribution is -2.23. The third-order valence-corrected chi connectivity index (χ3v) is 7.84. The Morgan fingerprint density at radius 1 is 1.12 bits per heavy atom. The van der Waals surface area contributed by atoms with Gasteiger partial charge >= 0.3 is 5.97 Å². The van der Waals surface area contributed by atoms with Gasteiger partial charge in [0, 0.05) is 19.7 Å². The van der Waals surface area contributed by atoms with Crippen molar-refractivity contribution in [3.05, 3.63) is 57.9 Å². The summed E-state index contributed by atoms with van der Waals surface area (Å²) in [6, 6.07) is 9.60. The maximum absolute atomic E-state index is 12.9. The van der Waals surface area contributed by atoms with E-state index in [0.717, 1.165) is 25.6 Å². The van der Waals surface area contributed by atoms with Crippen LogP contribution in [0.3, 0.4) is 0 Å². The van der Waals surface area contributed by atoms with Crippen LogP contribution in [-0.2, 0) is 26.1 Å². The summed E-state index contributed by atoms with van der Waals surface area (Å²) < 4.78 is 33.3. The van der Waals surface area contributed by atoms with E-state index in [1.54, 1.807) is 11.5 Å². The maximum atomic E-state index is 12.9. The minimum atomic E-state index is -3.59. The second-order valence-electron chi connectivity index (χ2n) is 7.43. The molecule has 3 rings (SSSR count). The number of carbonyl (C=O) groups excluding carboxylic acids is 2. The number of amides is 1. The molecule has 0 bridgehead atoms. The number of aryl methyl sites for hydroxylation is 2. The highest BCUT2D eigenvalue weighted by atomic mass is 32.2. The van der Waals surface area contributed by atoms with Gasteiger partial charge in [-0.05, 0) is 62.2 Å². The SMILES string of the molecule is CCOC(=O)Cn1c(=NC(=O)c2ccc(S(=O)(=O)N(C)C)cc2)sc2c(C)cc(C)cc21. The molecular weight excluding hydrogens is 450 g/mol. The first-order valence-corrected chi connectivity index (χ1v) is 12.2. The van der Waals surface area contributed by atoms with Crippen LogP contribution < -0.4 is 4.80 Å². The summed E-state index contributed by atoms with van der Waals surface area (Å²) in [6.07, 6.45) is 0. The topological polar surface area (TPSA) is 98.0 Å². The molecule has 0 radical (unpaired) electrons. The van der Waals surface area contributed by atoms with Crippen LogP contribution in [0.15, 0.2) is 46.3 Å². The molecule has 2 aromatic carbocycles. The molecular formula is C22H25N3O5S2. The molecule has 0 spiro atoms. The number of rotatable bonds is 6. The first-order valence-electron chi connectivity index (χ1n) is 9.92. The Bertz CT molecular complexity index is 1350. The van der Waals surface area contributed by atoms with E-state index in [2.05, 4.69) is 4.99 Å². The molecule has 0 aliphatic heterocycles. The molecule has 3 aromatic rings. The number of aromatic nitrogens is 1. The van der Waals surface area contributed by atoms with E-state index >= 15 is 0 Å². The van der Waals surface area contributed by atoms with Crippen LogP contribution in [0.4, 0.5) is 0 Å². The minimum Gasteiger partial charge on any atom is -0.465 e. The van der Waals surface area contributed by atoms with Gasteiger partial charge in [0.2, 0.25) is 10.0 Å². The van der Waals surface area contributed by atoms with Crippen molar-refractivity contribution in [1.29, 1.82) is 0 Å². The van der Waals surface area contributed by atoms with Crippen LogP contribution in [0.25, 0.3) is 10.2 Å². The van der Waals surface area contributed by atoms with Crippen LogP contribution in [0.2, 0.25) is 0 Å². The van der Waals surface area contributed by atoms with Gasteiger partial charge in [-0.1, -0.05) is 17.4 Å². The second kappa shape index (κ2) is 9.35. The Labute approximate surface area is 190 Å². The molecule has 0 aliphatic carbocycles. The van der Waals surface area contributed by atoms with Crippen LogP contribution in [0, 0.1) is 13.8 Å². The largest absolute Gasteiger partial charge is 0.465 e. The van der Waals surface area contributed by atoms with Gasteiger partial charge in [-0.15, -0.1) is 0 Å². The van der Waals surface area contributed by atoms with Crippen LogP contribution in [0.1, 0.15) is 28.4 Å². The number of sulfonamides is 1. The zero-order valence-electron chi connectivity index (χ0n) is 18.6. The van der Waals surface area contributed by atoms with Crippen molar-refractivity contribution in [1.82, 2.24) is 8.87 Å². The van der Waals surface area contributed by atoms with Crippen molar-refractivity contribution >= 4 is 43.5 Å². The van der Waals surface area contributed by atoms with Gasteiger partial charge in [-0.25, -0.2) is 12.7 Å². The molecule has 32 heavy (non-hydrogen) atoms. The summed E-state index contributed by atoms with van der Waals surface area (Å²) in [6.45, 7) is 5.85. The van der Waals surface area contributed by atoms with Crippen LogP contribution in [0.5, 0.6) is 0 Å². The summed E-state index contributed by atoms with van der Waals surface area (Å²) in [5.74, 6) is -0.948. The van der Waals surface area contributed by atoms with Crippen molar-refractivity contribution in [3.63, 3.8) is 0 Å². The Morgan fingerprint density at radius 3 is 2.38 bits per heavy atom. The predicted octanol–water partition coefficient (Wildman–Crippen LogP) is 2.87. The summed E-state index contributed by atoms with van der Waals surface area (Å²) in [5, 5.41) is 0. The molecule has 0 aliphatic rings. The summed E-state index contributed by atoms with van der Waals surface area (Å²) in [4.78, 5) is 29.8. The standard InChI is InChI=1S/C22H25N3O5S2/c1-6-30-19(26)13-25-18-12-14(2)11-15(3)20(18)31-22(25)23-21(27)16-7-9-17(10-8-16)32(28,29)24(4)5/h7-12H,6,13H2,1-5H3. The highest BCUT2D eigenvalue weighted by Crippen LogP contribution is 2.24. The van der Waals surface area contributed by atoms with Crippen LogP contribution >= 0.6 is 11.3 Å². The normalized spacial score (nSPS) is 12.5. The summed E-state index contributed by atoms with van der Waals surface area (Å²) in [7, 11) is -0.709. The predicted molar refractivity (Wildman–Crippen MR) is 123 cm³/mol. The van der Waals surface area contributed by atoms with Gasteiger partial charge in [0.25, 0.3) is 5.91 Å². The fourth-order valence-electron chi connectivity index (χ4n) is 3.22. The van der Waals surface area contributed by atoms with Crippen molar-refractivity contribution in [3.8, 4) is 0 Å². The summed E-state index contributed by atoms with van der Waals surface area (Å²) >= 11 is 1.32. The average molecular weight is 476 g/mol. The molecule has 8 nitrogen and oxygen atoms in total. The number of carbonyl (C=O) groups is 2. The quantitative estimate of drug-likeness (QED) is 0.511. The number of nitrogens with zero attached hydrogens (tertiary/aromatic N) is 3. The zero-order chi connectivity index (χ0) is 23.6. The number of hydrogen-bond acceptors (Lipinski definition) is 6. The van der Waals surface area contributed by atoms with Gasteiger partial charge in [-0.2, -0.15) is 4.99 Å². The lowest BCUT2D eigenvalue weighted by Gasteiger charge is -2.11. The Hall–Kier alpha value is -2.82. The first-order chi connectivity index (χ1) is 15.0. The van der Waals surface area contributed by atoms with E-state index < -0.39 is 21.9 Å². The average Bonchev–Trinajstić information content (AvgIpc) is 3.05. The molecule has 0 unspecified atom stereocenters. The highest BCUT2D eigenvalue weighted by molar-refractivity contribution is 7.89. The molecule has 0 saturated heterocycles.